The van der Waals surface area contributed by atoms with E-state index in [1.54, 1.807) is 9.80 Å². The molecule has 4 rings (SSSR count). The smallest absolute Gasteiger partial charge is 0.232 e. The molecule has 8 heteroatoms. The topological polar surface area (TPSA) is 60.9 Å². The minimum Gasteiger partial charge on any atom is -0.339 e. The SMILES string of the molecule is CC(C)(C(=O)N1CCN(C(=O)C2CC(=O)N(c3ccc(F)cc3F)C2)CC1)c1ccccc1. The van der Waals surface area contributed by atoms with Crippen LogP contribution in [0.1, 0.15) is 25.8 Å². The van der Waals surface area contributed by atoms with Crippen molar-refractivity contribution in [3.05, 3.63) is 65.7 Å². The molecule has 0 saturated carbocycles. The maximum atomic E-state index is 14.1. The average molecular weight is 456 g/mol. The van der Waals surface area contributed by atoms with Crippen LogP contribution in [0.2, 0.25) is 0 Å². The third-order valence-electron chi connectivity index (χ3n) is 6.58. The number of carbonyl (C=O) groups excluding carboxylic acids is 3. The predicted molar refractivity (Wildman–Crippen MR) is 119 cm³/mol. The lowest BCUT2D eigenvalue weighted by Gasteiger charge is -2.39. The van der Waals surface area contributed by atoms with Crippen molar-refractivity contribution in [2.75, 3.05) is 37.6 Å². The number of amides is 3. The fourth-order valence-corrected chi connectivity index (χ4v) is 4.57. The second-order valence-corrected chi connectivity index (χ2v) is 9.11. The molecule has 1 atom stereocenters. The number of hydrogen-bond acceptors (Lipinski definition) is 3. The summed E-state index contributed by atoms with van der Waals surface area (Å²) >= 11 is 0. The lowest BCUT2D eigenvalue weighted by Crippen LogP contribution is -2.55. The Kier molecular flexibility index (Phi) is 6.19. The van der Waals surface area contributed by atoms with Crippen LogP contribution in [0.15, 0.2) is 48.5 Å². The second kappa shape index (κ2) is 8.92. The van der Waals surface area contributed by atoms with Gasteiger partial charge in [0, 0.05) is 45.2 Å². The molecule has 2 saturated heterocycles. The van der Waals surface area contributed by atoms with Gasteiger partial charge in [0.25, 0.3) is 0 Å². The summed E-state index contributed by atoms with van der Waals surface area (Å²) in [5.74, 6) is -2.68. The van der Waals surface area contributed by atoms with Gasteiger partial charge in [-0.2, -0.15) is 0 Å². The maximum Gasteiger partial charge on any atom is 0.232 e. The van der Waals surface area contributed by atoms with Crippen molar-refractivity contribution in [2.45, 2.75) is 25.7 Å². The third kappa shape index (κ3) is 4.47. The van der Waals surface area contributed by atoms with Gasteiger partial charge in [0.05, 0.1) is 17.0 Å². The molecule has 2 heterocycles. The first kappa shape index (κ1) is 22.9. The Morgan fingerprint density at radius 3 is 2.21 bits per heavy atom. The van der Waals surface area contributed by atoms with Gasteiger partial charge in [-0.05, 0) is 31.5 Å². The molecule has 0 N–H and O–H groups in total. The first-order valence-electron chi connectivity index (χ1n) is 11.1. The third-order valence-corrected chi connectivity index (χ3v) is 6.58. The van der Waals surface area contributed by atoms with Crippen LogP contribution in [0.3, 0.4) is 0 Å². The Balaban J connectivity index is 1.37. The van der Waals surface area contributed by atoms with Crippen molar-refractivity contribution >= 4 is 23.4 Å². The van der Waals surface area contributed by atoms with Crippen LogP contribution in [0.4, 0.5) is 14.5 Å². The summed E-state index contributed by atoms with van der Waals surface area (Å²) in [5, 5.41) is 0. The van der Waals surface area contributed by atoms with E-state index in [0.717, 1.165) is 17.7 Å². The van der Waals surface area contributed by atoms with Crippen LogP contribution in [0, 0.1) is 17.6 Å². The highest BCUT2D eigenvalue weighted by molar-refractivity contribution is 6.00. The van der Waals surface area contributed by atoms with Crippen LogP contribution >= 0.6 is 0 Å². The average Bonchev–Trinajstić information content (AvgIpc) is 3.20. The minimum atomic E-state index is -0.829. The van der Waals surface area contributed by atoms with Crippen LogP contribution in [0.25, 0.3) is 0 Å². The van der Waals surface area contributed by atoms with Crippen LogP contribution < -0.4 is 4.90 Å². The fraction of sp³-hybridized carbons (Fsp3) is 0.400. The standard InChI is InChI=1S/C25H27F2N3O3/c1-25(2,18-6-4-3-5-7-18)24(33)29-12-10-28(11-13-29)23(32)17-14-22(31)30(16-17)21-9-8-19(26)15-20(21)27/h3-9,15,17H,10-14,16H2,1-2H3. The monoisotopic (exact) mass is 455 g/mol. The highest BCUT2D eigenvalue weighted by Crippen LogP contribution is 2.30. The first-order valence-corrected chi connectivity index (χ1v) is 11.1. The number of halogens is 2. The van der Waals surface area contributed by atoms with Crippen molar-refractivity contribution < 1.29 is 23.2 Å². The molecule has 0 aromatic heterocycles. The van der Waals surface area contributed by atoms with Crippen LogP contribution in [0.5, 0.6) is 0 Å². The lowest BCUT2D eigenvalue weighted by molar-refractivity contribution is -0.144. The molecule has 3 amide bonds. The van der Waals surface area contributed by atoms with Crippen molar-refractivity contribution in [1.29, 1.82) is 0 Å². The molecule has 174 valence electrons. The van der Waals surface area contributed by atoms with E-state index in [9.17, 15) is 23.2 Å². The Labute approximate surface area is 191 Å². The number of benzene rings is 2. The van der Waals surface area contributed by atoms with E-state index in [1.165, 1.54) is 11.0 Å². The Bertz CT molecular complexity index is 1070. The van der Waals surface area contributed by atoms with Crippen molar-refractivity contribution in [2.24, 2.45) is 5.92 Å². The van der Waals surface area contributed by atoms with Gasteiger partial charge in [-0.15, -0.1) is 0 Å². The normalized spacial score (nSPS) is 19.2. The Morgan fingerprint density at radius 1 is 0.939 bits per heavy atom. The van der Waals surface area contributed by atoms with E-state index in [4.69, 9.17) is 0 Å². The zero-order chi connectivity index (χ0) is 23.8. The zero-order valence-corrected chi connectivity index (χ0v) is 18.8. The molecule has 33 heavy (non-hydrogen) atoms. The minimum absolute atomic E-state index is 0.00908. The maximum absolute atomic E-state index is 14.1. The number of piperazine rings is 1. The molecule has 2 aromatic carbocycles. The number of hydrogen-bond donors (Lipinski definition) is 0. The fourth-order valence-electron chi connectivity index (χ4n) is 4.57. The van der Waals surface area contributed by atoms with Gasteiger partial charge in [-0.25, -0.2) is 8.78 Å². The van der Waals surface area contributed by atoms with Crippen molar-refractivity contribution in [3.8, 4) is 0 Å². The molecule has 2 aliphatic heterocycles. The molecule has 2 fully saturated rings. The predicted octanol–water partition coefficient (Wildman–Crippen LogP) is 2.97. The van der Waals surface area contributed by atoms with Gasteiger partial charge in [-0.3, -0.25) is 14.4 Å². The molecule has 1 unspecified atom stereocenters. The van der Waals surface area contributed by atoms with Gasteiger partial charge < -0.3 is 14.7 Å². The summed E-state index contributed by atoms with van der Waals surface area (Å²) in [7, 11) is 0. The van der Waals surface area contributed by atoms with Gasteiger partial charge in [-0.1, -0.05) is 30.3 Å². The molecule has 2 aromatic rings. The summed E-state index contributed by atoms with van der Waals surface area (Å²) < 4.78 is 27.3. The van der Waals surface area contributed by atoms with E-state index in [0.29, 0.717) is 26.2 Å². The van der Waals surface area contributed by atoms with Gasteiger partial charge in [0.2, 0.25) is 17.7 Å². The summed E-state index contributed by atoms with van der Waals surface area (Å²) in [6, 6.07) is 12.6. The molecule has 6 nitrogen and oxygen atoms in total. The summed E-state index contributed by atoms with van der Waals surface area (Å²) in [5.41, 5.74) is 0.242. The number of anilines is 1. The second-order valence-electron chi connectivity index (χ2n) is 9.11. The Morgan fingerprint density at radius 2 is 1.58 bits per heavy atom. The molecular weight excluding hydrogens is 428 g/mol. The van der Waals surface area contributed by atoms with Gasteiger partial charge in [0.15, 0.2) is 0 Å². The Hall–Kier alpha value is -3.29. The zero-order valence-electron chi connectivity index (χ0n) is 18.8. The largest absolute Gasteiger partial charge is 0.339 e. The molecule has 0 radical (unpaired) electrons. The van der Waals surface area contributed by atoms with Crippen LogP contribution in [-0.2, 0) is 19.8 Å². The van der Waals surface area contributed by atoms with Crippen molar-refractivity contribution in [1.82, 2.24) is 9.80 Å². The highest BCUT2D eigenvalue weighted by Gasteiger charge is 2.40. The number of carbonyl (C=O) groups is 3. The van der Waals surface area contributed by atoms with E-state index in [-0.39, 0.29) is 36.4 Å². The van der Waals surface area contributed by atoms with E-state index >= 15 is 0 Å². The molecule has 0 aliphatic carbocycles. The van der Waals surface area contributed by atoms with Gasteiger partial charge in [0.1, 0.15) is 11.6 Å². The van der Waals surface area contributed by atoms with E-state index in [2.05, 4.69) is 0 Å². The first-order chi connectivity index (χ1) is 15.7. The van der Waals surface area contributed by atoms with Crippen LogP contribution in [-0.4, -0.2) is 60.2 Å². The molecule has 0 spiro atoms. The highest BCUT2D eigenvalue weighted by atomic mass is 19.1. The van der Waals surface area contributed by atoms with Crippen molar-refractivity contribution in [3.63, 3.8) is 0 Å². The molecule has 2 aliphatic rings. The lowest BCUT2D eigenvalue weighted by atomic mass is 9.83. The number of nitrogens with zero attached hydrogens (tertiary/aromatic N) is 3. The molecule has 0 bridgehead atoms. The van der Waals surface area contributed by atoms with E-state index < -0.39 is 23.0 Å². The quantitative estimate of drug-likeness (QED) is 0.712. The summed E-state index contributed by atoms with van der Waals surface area (Å²) in [6.07, 6.45) is -0.0180. The number of rotatable bonds is 4. The summed E-state index contributed by atoms with van der Waals surface area (Å²) in [4.78, 5) is 43.3. The molecular formula is C25H27F2N3O3. The van der Waals surface area contributed by atoms with E-state index in [1.807, 2.05) is 44.2 Å². The van der Waals surface area contributed by atoms with Gasteiger partial charge >= 0.3 is 0 Å². The summed E-state index contributed by atoms with van der Waals surface area (Å²) in [6.45, 7) is 5.44.